The molecular weight excluding hydrogens is 520 g/mol. The van der Waals surface area contributed by atoms with Crippen molar-refractivity contribution in [3.63, 3.8) is 0 Å². The van der Waals surface area contributed by atoms with Crippen molar-refractivity contribution in [3.8, 4) is 16.9 Å². The third kappa shape index (κ3) is 5.49. The Morgan fingerprint density at radius 1 is 0.976 bits per heavy atom. The number of carbonyl (C=O) groups is 1. The van der Waals surface area contributed by atoms with Crippen LogP contribution in [-0.2, 0) is 15.7 Å². The van der Waals surface area contributed by atoms with Crippen LogP contribution in [-0.4, -0.2) is 34.3 Å². The zero-order valence-electron chi connectivity index (χ0n) is 26.3. The van der Waals surface area contributed by atoms with E-state index >= 15 is 0 Å². The molecule has 0 radical (unpaired) electrons. The molecule has 3 aromatic rings. The fraction of sp³-hybridized carbons (Fsp3) is 0.583. The zero-order chi connectivity index (χ0) is 29.5. The molecule has 0 unspecified atom stereocenters. The van der Waals surface area contributed by atoms with Gasteiger partial charge < -0.3 is 9.64 Å². The number of benzene rings is 1. The lowest BCUT2D eigenvalue weighted by Crippen LogP contribution is -2.51. The minimum Gasteiger partial charge on any atom is -0.496 e. The Morgan fingerprint density at radius 2 is 1.69 bits per heavy atom. The van der Waals surface area contributed by atoms with Gasteiger partial charge in [-0.1, -0.05) is 31.4 Å². The zero-order valence-corrected chi connectivity index (χ0v) is 26.3. The number of carbonyl (C=O) groups excluding carboxylic acids is 1. The smallest absolute Gasteiger partial charge is 0.230 e. The van der Waals surface area contributed by atoms with Gasteiger partial charge in [0, 0.05) is 36.0 Å². The molecule has 2 aromatic heterocycles. The van der Waals surface area contributed by atoms with Crippen molar-refractivity contribution >= 4 is 11.6 Å². The summed E-state index contributed by atoms with van der Waals surface area (Å²) in [7, 11) is 1.75. The molecule has 0 saturated heterocycles. The number of nitrogens with zero attached hydrogens (tertiary/aromatic N) is 4. The van der Waals surface area contributed by atoms with Gasteiger partial charge in [-0.05, 0) is 113 Å². The van der Waals surface area contributed by atoms with Crippen molar-refractivity contribution in [3.05, 3.63) is 60.2 Å². The lowest BCUT2D eigenvalue weighted by molar-refractivity contribution is -0.124. The van der Waals surface area contributed by atoms with Gasteiger partial charge in [0.25, 0.3) is 0 Å². The SMILES string of the molecule is COc1ccc(C23CCC(CN(C(=O)C4CCCCC4)c4cncc(-c5cnn(C(C)(C)C)c5)c4)(CC2)CC3)cc1C. The number of rotatable bonds is 7. The van der Waals surface area contributed by atoms with E-state index in [2.05, 4.69) is 73.1 Å². The van der Waals surface area contributed by atoms with E-state index < -0.39 is 0 Å². The second-order valence-electron chi connectivity index (χ2n) is 14.5. The van der Waals surface area contributed by atoms with Gasteiger partial charge in [0.2, 0.25) is 5.91 Å². The number of hydrogen-bond acceptors (Lipinski definition) is 4. The van der Waals surface area contributed by atoms with Gasteiger partial charge >= 0.3 is 0 Å². The second-order valence-corrected chi connectivity index (χ2v) is 14.5. The molecule has 1 amide bonds. The summed E-state index contributed by atoms with van der Waals surface area (Å²) in [6.07, 6.45) is 20.5. The third-order valence-electron chi connectivity index (χ3n) is 10.8. The molecule has 0 N–H and O–H groups in total. The normalized spacial score (nSPS) is 24.5. The Kier molecular flexibility index (Phi) is 7.69. The first-order valence-electron chi connectivity index (χ1n) is 16.1. The number of pyridine rings is 1. The Bertz CT molecular complexity index is 1400. The first-order chi connectivity index (χ1) is 20.1. The van der Waals surface area contributed by atoms with E-state index in [1.54, 1.807) is 7.11 Å². The number of aryl methyl sites for hydroxylation is 1. The van der Waals surface area contributed by atoms with Gasteiger partial charge in [-0.15, -0.1) is 0 Å². The molecule has 1 aromatic carbocycles. The van der Waals surface area contributed by atoms with E-state index in [1.165, 1.54) is 36.8 Å². The molecule has 4 fully saturated rings. The lowest BCUT2D eigenvalue weighted by Gasteiger charge is -2.55. The number of fused-ring (bicyclic) bond motifs is 3. The highest BCUT2D eigenvalue weighted by atomic mass is 16.5. The number of methoxy groups -OCH3 is 1. The van der Waals surface area contributed by atoms with Gasteiger partial charge in [0.05, 0.1) is 30.7 Å². The van der Waals surface area contributed by atoms with Crippen LogP contribution in [0.5, 0.6) is 5.75 Å². The van der Waals surface area contributed by atoms with E-state index in [9.17, 15) is 4.79 Å². The molecule has 4 aliphatic carbocycles. The van der Waals surface area contributed by atoms with E-state index in [0.29, 0.717) is 5.91 Å². The average Bonchev–Trinajstić information content (AvgIpc) is 3.53. The van der Waals surface area contributed by atoms with Crippen LogP contribution in [0.2, 0.25) is 0 Å². The minimum atomic E-state index is -0.0901. The van der Waals surface area contributed by atoms with Crippen LogP contribution in [0, 0.1) is 18.3 Å². The number of aromatic nitrogens is 3. The molecule has 0 spiro atoms. The number of anilines is 1. The summed E-state index contributed by atoms with van der Waals surface area (Å²) in [6.45, 7) is 9.41. The van der Waals surface area contributed by atoms with Crippen molar-refractivity contribution in [2.75, 3.05) is 18.6 Å². The summed E-state index contributed by atoms with van der Waals surface area (Å²) in [6, 6.07) is 8.97. The van der Waals surface area contributed by atoms with Crippen molar-refractivity contribution in [2.45, 2.75) is 109 Å². The summed E-state index contributed by atoms with van der Waals surface area (Å²) >= 11 is 0. The van der Waals surface area contributed by atoms with Gasteiger partial charge in [-0.25, -0.2) is 0 Å². The van der Waals surface area contributed by atoms with Crippen LogP contribution < -0.4 is 9.64 Å². The molecule has 6 heteroatoms. The summed E-state index contributed by atoms with van der Waals surface area (Å²) in [5.74, 6) is 1.40. The Hall–Kier alpha value is -3.15. The Balaban J connectivity index is 1.27. The predicted octanol–water partition coefficient (Wildman–Crippen LogP) is 8.22. The van der Waals surface area contributed by atoms with Gasteiger partial charge in [-0.3, -0.25) is 14.5 Å². The Morgan fingerprint density at radius 3 is 2.31 bits per heavy atom. The third-order valence-corrected chi connectivity index (χ3v) is 10.8. The molecule has 42 heavy (non-hydrogen) atoms. The average molecular weight is 569 g/mol. The molecule has 4 saturated carbocycles. The molecule has 224 valence electrons. The largest absolute Gasteiger partial charge is 0.496 e. The maximum Gasteiger partial charge on any atom is 0.230 e. The van der Waals surface area contributed by atoms with Crippen LogP contribution in [0.4, 0.5) is 5.69 Å². The number of amides is 1. The lowest BCUT2D eigenvalue weighted by atomic mass is 9.51. The molecule has 4 aliphatic rings. The Labute approximate surface area is 251 Å². The summed E-state index contributed by atoms with van der Waals surface area (Å²) in [5, 5.41) is 4.62. The molecule has 0 atom stereocenters. The molecule has 2 bridgehead atoms. The highest BCUT2D eigenvalue weighted by molar-refractivity contribution is 5.95. The first-order valence-corrected chi connectivity index (χ1v) is 16.1. The van der Waals surface area contributed by atoms with Crippen LogP contribution in [0.1, 0.15) is 103 Å². The maximum absolute atomic E-state index is 14.3. The second kappa shape index (κ2) is 11.2. The molecule has 0 aliphatic heterocycles. The van der Waals surface area contributed by atoms with Gasteiger partial charge in [0.15, 0.2) is 0 Å². The van der Waals surface area contributed by atoms with Gasteiger partial charge in [0.1, 0.15) is 5.75 Å². The molecular formula is C36H48N4O2. The number of hydrogen-bond donors (Lipinski definition) is 0. The van der Waals surface area contributed by atoms with Crippen molar-refractivity contribution in [1.29, 1.82) is 0 Å². The standard InChI is InChI=1S/C36H48N4O2/c1-26-19-30(11-12-32(26)42-5)36-16-13-35(14-17-36,15-18-36)25-39(33(41)27-9-7-6-8-10-27)31-20-28(21-37-23-31)29-22-38-40(24-29)34(2,3)4/h11-12,19-24,27H,6-10,13-18,25H2,1-5H3. The molecule has 2 heterocycles. The minimum absolute atomic E-state index is 0.0901. The van der Waals surface area contributed by atoms with E-state index in [1.807, 2.05) is 23.3 Å². The fourth-order valence-corrected chi connectivity index (χ4v) is 7.92. The quantitative estimate of drug-likeness (QED) is 0.288. The topological polar surface area (TPSA) is 60.2 Å². The van der Waals surface area contributed by atoms with E-state index in [4.69, 9.17) is 4.74 Å². The van der Waals surface area contributed by atoms with Crippen molar-refractivity contribution in [1.82, 2.24) is 14.8 Å². The summed E-state index contributed by atoms with van der Waals surface area (Å²) < 4.78 is 7.54. The van der Waals surface area contributed by atoms with Gasteiger partial charge in [-0.2, -0.15) is 5.10 Å². The highest BCUT2D eigenvalue weighted by Crippen LogP contribution is 2.58. The van der Waals surface area contributed by atoms with E-state index in [-0.39, 0.29) is 22.3 Å². The maximum atomic E-state index is 14.3. The van der Waals surface area contributed by atoms with E-state index in [0.717, 1.165) is 74.1 Å². The summed E-state index contributed by atoms with van der Waals surface area (Å²) in [4.78, 5) is 21.1. The first kappa shape index (κ1) is 28.9. The number of ether oxygens (including phenoxy) is 1. The van der Waals surface area contributed by atoms with Crippen molar-refractivity contribution < 1.29 is 9.53 Å². The predicted molar refractivity (Wildman–Crippen MR) is 169 cm³/mol. The fourth-order valence-electron chi connectivity index (χ4n) is 7.92. The van der Waals surface area contributed by atoms with Crippen LogP contribution in [0.25, 0.3) is 11.1 Å². The summed E-state index contributed by atoms with van der Waals surface area (Å²) in [5.41, 5.74) is 6.02. The molecule has 7 rings (SSSR count). The van der Waals surface area contributed by atoms with Crippen molar-refractivity contribution in [2.24, 2.45) is 11.3 Å². The highest BCUT2D eigenvalue weighted by Gasteiger charge is 2.50. The monoisotopic (exact) mass is 568 g/mol. The van der Waals surface area contributed by atoms with Crippen LogP contribution in [0.15, 0.2) is 49.1 Å². The van der Waals surface area contributed by atoms with Crippen LogP contribution >= 0.6 is 0 Å². The molecule has 6 nitrogen and oxygen atoms in total. The van der Waals surface area contributed by atoms with Crippen LogP contribution in [0.3, 0.4) is 0 Å².